The summed E-state index contributed by atoms with van der Waals surface area (Å²) in [6.45, 7) is 1.92. The smallest absolute Gasteiger partial charge is 0.0692 e. The topological polar surface area (TPSA) is 46.0 Å². The third-order valence-corrected chi connectivity index (χ3v) is 4.34. The first-order valence-corrected chi connectivity index (χ1v) is 6.62. The number of fused-ring (bicyclic) bond motifs is 2. The molecular formula is C12H21N5. The molecular weight excluding hydrogens is 214 g/mol. The summed E-state index contributed by atoms with van der Waals surface area (Å²) in [7, 11) is 2.29. The summed E-state index contributed by atoms with van der Waals surface area (Å²) in [4.78, 5) is 2.58. The van der Waals surface area contributed by atoms with Crippen LogP contribution in [-0.4, -0.2) is 51.6 Å². The lowest BCUT2D eigenvalue weighted by Crippen LogP contribution is -2.47. The number of piperidine rings is 1. The molecule has 0 saturated carbocycles. The Morgan fingerprint density at radius 1 is 1.29 bits per heavy atom. The average Bonchev–Trinajstić information content (AvgIpc) is 2.87. The molecule has 0 aromatic carbocycles. The maximum atomic E-state index is 3.97. The van der Waals surface area contributed by atoms with E-state index in [1.807, 2.05) is 10.9 Å². The standard InChI is InChI=1S/C12H21N5/c1-16-11-2-3-12(16)9-10(8-11)13-4-6-17-7-5-14-15-17/h5,7,10-13H,2-4,6,8-9H2,1H3. The highest BCUT2D eigenvalue weighted by Crippen LogP contribution is 2.33. The second-order valence-electron chi connectivity index (χ2n) is 5.34. The summed E-state index contributed by atoms with van der Waals surface area (Å²) in [5.74, 6) is 0. The normalized spacial score (nSPS) is 33.1. The van der Waals surface area contributed by atoms with Crippen LogP contribution in [0, 0.1) is 0 Å². The fraction of sp³-hybridized carbons (Fsp3) is 0.833. The maximum Gasteiger partial charge on any atom is 0.0692 e. The molecule has 2 fully saturated rings. The van der Waals surface area contributed by atoms with Crippen molar-refractivity contribution in [3.8, 4) is 0 Å². The molecule has 2 aliphatic rings. The zero-order chi connectivity index (χ0) is 11.7. The van der Waals surface area contributed by atoms with Crippen LogP contribution in [0.25, 0.3) is 0 Å². The molecule has 1 aromatic rings. The Kier molecular flexibility index (Phi) is 3.11. The highest BCUT2D eigenvalue weighted by molar-refractivity contribution is 4.95. The van der Waals surface area contributed by atoms with Crippen molar-refractivity contribution in [3.05, 3.63) is 12.4 Å². The molecule has 3 heterocycles. The van der Waals surface area contributed by atoms with Gasteiger partial charge in [-0.05, 0) is 32.7 Å². The van der Waals surface area contributed by atoms with Gasteiger partial charge in [-0.1, -0.05) is 5.21 Å². The van der Waals surface area contributed by atoms with Gasteiger partial charge in [0.2, 0.25) is 0 Å². The van der Waals surface area contributed by atoms with Crippen molar-refractivity contribution in [3.63, 3.8) is 0 Å². The zero-order valence-corrected chi connectivity index (χ0v) is 10.4. The third kappa shape index (κ3) is 2.35. The molecule has 2 aliphatic heterocycles. The minimum Gasteiger partial charge on any atom is -0.312 e. The van der Waals surface area contributed by atoms with Gasteiger partial charge >= 0.3 is 0 Å². The van der Waals surface area contributed by atoms with Crippen LogP contribution in [0.5, 0.6) is 0 Å². The highest BCUT2D eigenvalue weighted by atomic mass is 15.4. The van der Waals surface area contributed by atoms with Crippen LogP contribution >= 0.6 is 0 Å². The molecule has 0 aliphatic carbocycles. The molecule has 2 saturated heterocycles. The number of nitrogens with one attached hydrogen (secondary N) is 1. The van der Waals surface area contributed by atoms with E-state index < -0.39 is 0 Å². The first-order valence-electron chi connectivity index (χ1n) is 6.62. The lowest BCUT2D eigenvalue weighted by molar-refractivity contribution is 0.148. The average molecular weight is 235 g/mol. The van der Waals surface area contributed by atoms with Gasteiger partial charge in [0.15, 0.2) is 0 Å². The minimum absolute atomic E-state index is 0.701. The molecule has 17 heavy (non-hydrogen) atoms. The van der Waals surface area contributed by atoms with Gasteiger partial charge < -0.3 is 10.2 Å². The highest BCUT2D eigenvalue weighted by Gasteiger charge is 2.37. The Hall–Kier alpha value is -0.940. The maximum absolute atomic E-state index is 3.97. The van der Waals surface area contributed by atoms with E-state index in [1.165, 1.54) is 25.7 Å². The first-order chi connectivity index (χ1) is 8.33. The van der Waals surface area contributed by atoms with Crippen molar-refractivity contribution in [1.29, 1.82) is 0 Å². The summed E-state index contributed by atoms with van der Waals surface area (Å²) in [6, 6.07) is 2.34. The molecule has 2 bridgehead atoms. The molecule has 0 amide bonds. The van der Waals surface area contributed by atoms with Crippen molar-refractivity contribution in [2.24, 2.45) is 0 Å². The van der Waals surface area contributed by atoms with Gasteiger partial charge in [0.1, 0.15) is 0 Å². The van der Waals surface area contributed by atoms with Gasteiger partial charge in [-0.15, -0.1) is 5.10 Å². The summed E-state index contributed by atoms with van der Waals surface area (Å²) < 4.78 is 1.89. The van der Waals surface area contributed by atoms with E-state index in [0.717, 1.165) is 25.2 Å². The predicted molar refractivity (Wildman–Crippen MR) is 65.6 cm³/mol. The SMILES string of the molecule is CN1C2CCC1CC(NCCn1ccnn1)C2. The number of rotatable bonds is 4. The molecule has 5 heteroatoms. The second-order valence-corrected chi connectivity index (χ2v) is 5.34. The number of hydrogen-bond acceptors (Lipinski definition) is 4. The lowest BCUT2D eigenvalue weighted by atomic mass is 9.98. The number of nitrogens with zero attached hydrogens (tertiary/aromatic N) is 4. The number of aromatic nitrogens is 3. The van der Waals surface area contributed by atoms with E-state index in [1.54, 1.807) is 6.20 Å². The first kappa shape index (κ1) is 11.2. The van der Waals surface area contributed by atoms with E-state index in [9.17, 15) is 0 Å². The largest absolute Gasteiger partial charge is 0.312 e. The van der Waals surface area contributed by atoms with Crippen LogP contribution in [0.2, 0.25) is 0 Å². The Bertz CT molecular complexity index is 336. The van der Waals surface area contributed by atoms with Crippen molar-refractivity contribution in [2.75, 3.05) is 13.6 Å². The summed E-state index contributed by atoms with van der Waals surface area (Å²) in [5.41, 5.74) is 0. The molecule has 2 atom stereocenters. The van der Waals surface area contributed by atoms with E-state index >= 15 is 0 Å². The van der Waals surface area contributed by atoms with Gasteiger partial charge in [-0.2, -0.15) is 0 Å². The van der Waals surface area contributed by atoms with Crippen molar-refractivity contribution in [1.82, 2.24) is 25.2 Å². The summed E-state index contributed by atoms with van der Waals surface area (Å²) >= 11 is 0. The van der Waals surface area contributed by atoms with Gasteiger partial charge in [0.25, 0.3) is 0 Å². The summed E-state index contributed by atoms with van der Waals surface area (Å²) in [5, 5.41) is 11.4. The van der Waals surface area contributed by atoms with Crippen LogP contribution in [-0.2, 0) is 6.54 Å². The van der Waals surface area contributed by atoms with E-state index in [4.69, 9.17) is 0 Å². The molecule has 2 unspecified atom stereocenters. The lowest BCUT2D eigenvalue weighted by Gasteiger charge is -2.36. The molecule has 3 rings (SSSR count). The van der Waals surface area contributed by atoms with Crippen LogP contribution in [0.15, 0.2) is 12.4 Å². The van der Waals surface area contributed by atoms with Crippen LogP contribution in [0.1, 0.15) is 25.7 Å². The van der Waals surface area contributed by atoms with Gasteiger partial charge in [-0.25, -0.2) is 0 Å². The third-order valence-electron chi connectivity index (χ3n) is 4.34. The fourth-order valence-corrected chi connectivity index (χ4v) is 3.31. The second kappa shape index (κ2) is 4.74. The van der Waals surface area contributed by atoms with Crippen LogP contribution < -0.4 is 5.32 Å². The van der Waals surface area contributed by atoms with Gasteiger partial charge in [-0.3, -0.25) is 4.68 Å². The van der Waals surface area contributed by atoms with Crippen molar-refractivity contribution >= 4 is 0 Å². The minimum atomic E-state index is 0.701. The van der Waals surface area contributed by atoms with E-state index in [2.05, 4.69) is 27.6 Å². The monoisotopic (exact) mass is 235 g/mol. The van der Waals surface area contributed by atoms with Crippen molar-refractivity contribution in [2.45, 2.75) is 50.4 Å². The summed E-state index contributed by atoms with van der Waals surface area (Å²) in [6.07, 6.45) is 9.05. The van der Waals surface area contributed by atoms with Crippen molar-refractivity contribution < 1.29 is 0 Å². The van der Waals surface area contributed by atoms with E-state index in [0.29, 0.717) is 6.04 Å². The molecule has 0 radical (unpaired) electrons. The van der Waals surface area contributed by atoms with E-state index in [-0.39, 0.29) is 0 Å². The Balaban J connectivity index is 1.44. The molecule has 1 N–H and O–H groups in total. The predicted octanol–water partition coefficient (Wildman–Crippen LogP) is 0.493. The zero-order valence-electron chi connectivity index (χ0n) is 10.4. The Labute approximate surface area is 102 Å². The van der Waals surface area contributed by atoms with Crippen LogP contribution in [0.3, 0.4) is 0 Å². The Morgan fingerprint density at radius 3 is 2.71 bits per heavy atom. The molecule has 1 aromatic heterocycles. The van der Waals surface area contributed by atoms with Gasteiger partial charge in [0, 0.05) is 30.9 Å². The number of hydrogen-bond donors (Lipinski definition) is 1. The molecule has 0 spiro atoms. The molecule has 5 nitrogen and oxygen atoms in total. The van der Waals surface area contributed by atoms with Gasteiger partial charge in [0.05, 0.1) is 12.7 Å². The van der Waals surface area contributed by atoms with Crippen LogP contribution in [0.4, 0.5) is 0 Å². The fourth-order valence-electron chi connectivity index (χ4n) is 3.31. The molecule has 94 valence electrons. The quantitative estimate of drug-likeness (QED) is 0.825. The Morgan fingerprint density at radius 2 is 2.06 bits per heavy atom.